The third-order valence-corrected chi connectivity index (χ3v) is 7.21. The van der Waals surface area contributed by atoms with Crippen LogP contribution in [0, 0.1) is 6.92 Å². The van der Waals surface area contributed by atoms with Gasteiger partial charge in [-0.2, -0.15) is 0 Å². The monoisotopic (exact) mass is 433 g/mol. The highest BCUT2D eigenvalue weighted by Gasteiger charge is 2.26. The van der Waals surface area contributed by atoms with E-state index >= 15 is 0 Å². The van der Waals surface area contributed by atoms with E-state index in [0.717, 1.165) is 59.8 Å². The number of H-pyrrole nitrogens is 1. The van der Waals surface area contributed by atoms with Crippen molar-refractivity contribution in [2.45, 2.75) is 64.5 Å². The molecule has 1 aliphatic carbocycles. The molecule has 0 spiro atoms. The number of nitrogens with zero attached hydrogens (tertiary/aromatic N) is 4. The van der Waals surface area contributed by atoms with Gasteiger partial charge >= 0.3 is 0 Å². The third-order valence-electron chi connectivity index (χ3n) is 7.21. The second kappa shape index (κ2) is 8.54. The average Bonchev–Trinajstić information content (AvgIpc) is 3.03. The Morgan fingerprint density at radius 3 is 2.59 bits per heavy atom. The van der Waals surface area contributed by atoms with Crippen molar-refractivity contribution in [2.75, 3.05) is 6.54 Å². The SMILES string of the molecule is Cc1c(CN2CCc3nc(C4CCCCC4)[nH]c(=O)c3C2)c(=O)n(-c2ccccc2)n1C. The summed E-state index contributed by atoms with van der Waals surface area (Å²) in [6.07, 6.45) is 6.71. The van der Waals surface area contributed by atoms with Crippen molar-refractivity contribution in [1.29, 1.82) is 0 Å². The summed E-state index contributed by atoms with van der Waals surface area (Å²) in [5, 5.41) is 0. The fraction of sp³-hybridized carbons (Fsp3) is 0.480. The number of hydrogen-bond donors (Lipinski definition) is 1. The van der Waals surface area contributed by atoms with Gasteiger partial charge in [0.05, 0.1) is 22.5 Å². The molecule has 1 saturated carbocycles. The van der Waals surface area contributed by atoms with Crippen LogP contribution in [0.25, 0.3) is 5.69 Å². The van der Waals surface area contributed by atoms with Gasteiger partial charge in [-0.25, -0.2) is 9.67 Å². The van der Waals surface area contributed by atoms with Crippen molar-refractivity contribution >= 4 is 0 Å². The molecular formula is C25H31N5O2. The zero-order chi connectivity index (χ0) is 22.2. The summed E-state index contributed by atoms with van der Waals surface area (Å²) >= 11 is 0. The van der Waals surface area contributed by atoms with Gasteiger partial charge < -0.3 is 4.98 Å². The number of para-hydroxylation sites is 1. The fourth-order valence-corrected chi connectivity index (χ4v) is 5.23. The number of hydrogen-bond acceptors (Lipinski definition) is 4. The van der Waals surface area contributed by atoms with Crippen LogP contribution in [0.5, 0.6) is 0 Å². The molecule has 3 heterocycles. The molecule has 0 unspecified atom stereocenters. The van der Waals surface area contributed by atoms with E-state index in [0.29, 0.717) is 19.0 Å². The van der Waals surface area contributed by atoms with Crippen LogP contribution in [-0.4, -0.2) is 30.8 Å². The number of aromatic amines is 1. The van der Waals surface area contributed by atoms with E-state index in [1.54, 1.807) is 4.68 Å². The lowest BCUT2D eigenvalue weighted by molar-refractivity contribution is 0.240. The molecule has 0 radical (unpaired) electrons. The second-order valence-corrected chi connectivity index (χ2v) is 9.21. The quantitative estimate of drug-likeness (QED) is 0.686. The number of rotatable bonds is 4. The van der Waals surface area contributed by atoms with Gasteiger partial charge in [0.2, 0.25) is 0 Å². The van der Waals surface area contributed by atoms with Crippen molar-refractivity contribution in [3.63, 3.8) is 0 Å². The average molecular weight is 434 g/mol. The molecule has 7 heteroatoms. The lowest BCUT2D eigenvalue weighted by Gasteiger charge is -2.28. The first-order chi connectivity index (χ1) is 15.5. The molecule has 7 nitrogen and oxygen atoms in total. The molecule has 1 N–H and O–H groups in total. The first-order valence-corrected chi connectivity index (χ1v) is 11.7. The molecule has 1 fully saturated rings. The van der Waals surface area contributed by atoms with Crippen LogP contribution in [0.2, 0.25) is 0 Å². The molecule has 3 aromatic rings. The van der Waals surface area contributed by atoms with Crippen LogP contribution < -0.4 is 11.1 Å². The van der Waals surface area contributed by atoms with Gasteiger partial charge in [0.15, 0.2) is 0 Å². The van der Waals surface area contributed by atoms with Crippen LogP contribution in [0.1, 0.15) is 66.4 Å². The molecule has 32 heavy (non-hydrogen) atoms. The highest BCUT2D eigenvalue weighted by Crippen LogP contribution is 2.30. The Kier molecular flexibility index (Phi) is 5.59. The molecular weight excluding hydrogens is 402 g/mol. The lowest BCUT2D eigenvalue weighted by Crippen LogP contribution is -2.37. The number of fused-ring (bicyclic) bond motifs is 1. The second-order valence-electron chi connectivity index (χ2n) is 9.21. The number of aromatic nitrogens is 4. The maximum Gasteiger partial charge on any atom is 0.276 e. The van der Waals surface area contributed by atoms with Crippen LogP contribution in [0.4, 0.5) is 0 Å². The van der Waals surface area contributed by atoms with E-state index in [1.165, 1.54) is 19.3 Å². The van der Waals surface area contributed by atoms with E-state index in [2.05, 4.69) is 9.88 Å². The van der Waals surface area contributed by atoms with Crippen LogP contribution in [-0.2, 0) is 26.6 Å². The van der Waals surface area contributed by atoms with Gasteiger partial charge in [0, 0.05) is 44.7 Å². The molecule has 0 amide bonds. The van der Waals surface area contributed by atoms with Gasteiger partial charge in [-0.3, -0.25) is 19.2 Å². The number of benzene rings is 1. The van der Waals surface area contributed by atoms with Crippen molar-refractivity contribution < 1.29 is 0 Å². The Bertz CT molecular complexity index is 1230. The summed E-state index contributed by atoms with van der Waals surface area (Å²) in [4.78, 5) is 36.3. The smallest absolute Gasteiger partial charge is 0.276 e. The van der Waals surface area contributed by atoms with Gasteiger partial charge in [0.25, 0.3) is 11.1 Å². The van der Waals surface area contributed by atoms with E-state index in [-0.39, 0.29) is 11.1 Å². The largest absolute Gasteiger partial charge is 0.310 e. The molecule has 0 atom stereocenters. The predicted octanol–water partition coefficient (Wildman–Crippen LogP) is 3.17. The van der Waals surface area contributed by atoms with Crippen LogP contribution in [0.3, 0.4) is 0 Å². The molecule has 0 bridgehead atoms. The molecule has 168 valence electrons. The minimum absolute atomic E-state index is 0.00155. The van der Waals surface area contributed by atoms with E-state index < -0.39 is 0 Å². The summed E-state index contributed by atoms with van der Waals surface area (Å²) in [5.74, 6) is 1.27. The summed E-state index contributed by atoms with van der Waals surface area (Å²) in [5.41, 5.74) is 4.28. The maximum atomic E-state index is 13.3. The molecule has 2 aliphatic rings. The predicted molar refractivity (Wildman–Crippen MR) is 124 cm³/mol. The van der Waals surface area contributed by atoms with Crippen molar-refractivity contribution in [2.24, 2.45) is 7.05 Å². The third kappa shape index (κ3) is 3.75. The molecule has 1 aromatic carbocycles. The Morgan fingerprint density at radius 1 is 1.09 bits per heavy atom. The summed E-state index contributed by atoms with van der Waals surface area (Å²) < 4.78 is 3.63. The highest BCUT2D eigenvalue weighted by atomic mass is 16.1. The van der Waals surface area contributed by atoms with Gasteiger partial charge in [-0.15, -0.1) is 0 Å². The molecule has 5 rings (SSSR count). The normalized spacial score (nSPS) is 17.4. The van der Waals surface area contributed by atoms with Crippen LogP contribution in [0.15, 0.2) is 39.9 Å². The van der Waals surface area contributed by atoms with Crippen molar-refractivity contribution in [3.05, 3.63) is 79.4 Å². The van der Waals surface area contributed by atoms with E-state index in [9.17, 15) is 9.59 Å². The number of nitrogens with one attached hydrogen (secondary N) is 1. The van der Waals surface area contributed by atoms with E-state index in [1.807, 2.05) is 49.0 Å². The Morgan fingerprint density at radius 2 is 1.84 bits per heavy atom. The zero-order valence-electron chi connectivity index (χ0n) is 18.9. The summed E-state index contributed by atoms with van der Waals surface area (Å²) in [7, 11) is 1.92. The van der Waals surface area contributed by atoms with Crippen LogP contribution >= 0.6 is 0 Å². The fourth-order valence-electron chi connectivity index (χ4n) is 5.23. The Hall–Kier alpha value is -2.93. The first-order valence-electron chi connectivity index (χ1n) is 11.7. The van der Waals surface area contributed by atoms with Gasteiger partial charge in [-0.05, 0) is 31.9 Å². The zero-order valence-corrected chi connectivity index (χ0v) is 18.9. The van der Waals surface area contributed by atoms with Gasteiger partial charge in [-0.1, -0.05) is 37.5 Å². The lowest BCUT2D eigenvalue weighted by atomic mass is 9.88. The maximum absolute atomic E-state index is 13.3. The molecule has 2 aromatic heterocycles. The van der Waals surface area contributed by atoms with Gasteiger partial charge in [0.1, 0.15) is 5.82 Å². The summed E-state index contributed by atoms with van der Waals surface area (Å²) in [6, 6.07) is 9.70. The minimum Gasteiger partial charge on any atom is -0.310 e. The summed E-state index contributed by atoms with van der Waals surface area (Å²) in [6.45, 7) is 3.84. The highest BCUT2D eigenvalue weighted by molar-refractivity contribution is 5.33. The molecule has 0 saturated heterocycles. The first kappa shape index (κ1) is 20.9. The van der Waals surface area contributed by atoms with E-state index in [4.69, 9.17) is 4.98 Å². The van der Waals surface area contributed by atoms with Crippen molar-refractivity contribution in [1.82, 2.24) is 24.2 Å². The Labute approximate surface area is 187 Å². The topological polar surface area (TPSA) is 75.9 Å². The van der Waals surface area contributed by atoms with Crippen molar-refractivity contribution in [3.8, 4) is 5.69 Å². The minimum atomic E-state index is -0.00764. The molecule has 1 aliphatic heterocycles. The standard InChI is InChI=1S/C25H31N5O2/c1-17-20(25(32)30(28(17)2)19-11-7-4-8-12-19)15-29-14-13-22-21(16-29)24(31)27-23(26-22)18-9-5-3-6-10-18/h4,7-8,11-12,18H,3,5-6,9-10,13-16H2,1-2H3,(H,26,27,31). The Balaban J connectivity index is 1.39.